The van der Waals surface area contributed by atoms with Crippen LogP contribution in [0.3, 0.4) is 0 Å². The van der Waals surface area contributed by atoms with E-state index in [2.05, 4.69) is 29.9 Å². The van der Waals surface area contributed by atoms with Gasteiger partial charge in [0.2, 0.25) is 0 Å². The van der Waals surface area contributed by atoms with Crippen molar-refractivity contribution in [2.75, 3.05) is 0 Å². The summed E-state index contributed by atoms with van der Waals surface area (Å²) in [7, 11) is 0. The average molecular weight is 204 g/mol. The highest BCUT2D eigenvalue weighted by Gasteiger charge is 1.80. The number of hydrogen-bond donors (Lipinski definition) is 2. The van der Waals surface area contributed by atoms with Gasteiger partial charge >= 0.3 is 0 Å². The Morgan fingerprint density at radius 3 is 2.08 bits per heavy atom. The van der Waals surface area contributed by atoms with Gasteiger partial charge in [0.25, 0.3) is 0 Å². The standard InChI is InChI=1S/C7H8S.H3NO2S/c8-6-7-4-2-1-3-5-7;1-4(2)3/h1-5,8H,6H2;1H2,(H,2,3)/p-1. The van der Waals surface area contributed by atoms with Crippen LogP contribution in [0.25, 0.3) is 0 Å². The lowest BCUT2D eigenvalue weighted by Gasteiger charge is -1.89. The molecule has 1 aromatic carbocycles. The van der Waals surface area contributed by atoms with E-state index in [0.717, 1.165) is 5.75 Å². The van der Waals surface area contributed by atoms with Crippen molar-refractivity contribution in [1.29, 1.82) is 0 Å². The van der Waals surface area contributed by atoms with Gasteiger partial charge in [-0.1, -0.05) is 30.3 Å². The van der Waals surface area contributed by atoms with E-state index in [-0.39, 0.29) is 0 Å². The normalized spacial score (nSPS) is 11.2. The zero-order valence-electron chi connectivity index (χ0n) is 6.34. The molecule has 0 fully saturated rings. The first-order chi connectivity index (χ1) is 5.66. The van der Waals surface area contributed by atoms with E-state index in [1.54, 1.807) is 0 Å². The van der Waals surface area contributed by atoms with Crippen molar-refractivity contribution in [2.45, 2.75) is 5.75 Å². The van der Waals surface area contributed by atoms with Crippen LogP contribution in [-0.4, -0.2) is 8.76 Å². The van der Waals surface area contributed by atoms with Crippen LogP contribution >= 0.6 is 12.6 Å². The molecule has 2 N–H and O–H groups in total. The van der Waals surface area contributed by atoms with E-state index >= 15 is 0 Å². The number of rotatable bonds is 1. The molecule has 3 nitrogen and oxygen atoms in total. The molecule has 0 saturated carbocycles. The number of benzene rings is 1. The van der Waals surface area contributed by atoms with Gasteiger partial charge in [-0.25, -0.2) is 0 Å². The molecule has 0 spiro atoms. The molecule has 1 unspecified atom stereocenters. The fraction of sp³-hybridized carbons (Fsp3) is 0.143. The zero-order valence-corrected chi connectivity index (χ0v) is 8.05. The fourth-order valence-corrected chi connectivity index (χ4v) is 0.794. The smallest absolute Gasteiger partial charge is 0.0154 e. The van der Waals surface area contributed by atoms with Crippen LogP contribution in [0.4, 0.5) is 0 Å². The van der Waals surface area contributed by atoms with Crippen molar-refractivity contribution < 1.29 is 8.76 Å². The van der Waals surface area contributed by atoms with Crippen molar-refractivity contribution >= 4 is 23.9 Å². The molecule has 0 aromatic heterocycles. The van der Waals surface area contributed by atoms with Crippen LogP contribution in [0.15, 0.2) is 30.3 Å². The summed E-state index contributed by atoms with van der Waals surface area (Å²) in [5.74, 6) is 0.834. The minimum absolute atomic E-state index is 0.834. The highest BCUT2D eigenvalue weighted by Crippen LogP contribution is 2.00. The Morgan fingerprint density at radius 1 is 1.42 bits per heavy atom. The van der Waals surface area contributed by atoms with Gasteiger partial charge in [0.1, 0.15) is 0 Å². The molecule has 0 saturated heterocycles. The summed E-state index contributed by atoms with van der Waals surface area (Å²) in [4.78, 5) is 0. The summed E-state index contributed by atoms with van der Waals surface area (Å²) in [6.07, 6.45) is 0. The Hall–Kier alpha value is -0.360. The predicted molar refractivity (Wildman–Crippen MR) is 52.2 cm³/mol. The summed E-state index contributed by atoms with van der Waals surface area (Å²) >= 11 is 1.75. The van der Waals surface area contributed by atoms with E-state index in [4.69, 9.17) is 8.76 Å². The average Bonchev–Trinajstić information content (AvgIpc) is 2.05. The molecular formula is C7H10NO2S2-. The van der Waals surface area contributed by atoms with E-state index in [1.165, 1.54) is 5.56 Å². The highest BCUT2D eigenvalue weighted by atomic mass is 32.2. The molecule has 0 heterocycles. The third kappa shape index (κ3) is 7.74. The Balaban J connectivity index is 0.000000261. The van der Waals surface area contributed by atoms with Gasteiger partial charge in [-0.05, 0) is 5.56 Å². The molecule has 12 heavy (non-hydrogen) atoms. The molecule has 0 radical (unpaired) electrons. The van der Waals surface area contributed by atoms with Crippen molar-refractivity contribution in [2.24, 2.45) is 5.14 Å². The second kappa shape index (κ2) is 7.30. The lowest BCUT2D eigenvalue weighted by molar-refractivity contribution is 0.539. The summed E-state index contributed by atoms with van der Waals surface area (Å²) in [5.41, 5.74) is 1.27. The van der Waals surface area contributed by atoms with Crippen LogP contribution in [-0.2, 0) is 17.0 Å². The molecule has 1 atom stereocenters. The maximum atomic E-state index is 8.78. The molecule has 1 rings (SSSR count). The molecule has 0 aliphatic carbocycles. The number of thiol groups is 1. The highest BCUT2D eigenvalue weighted by molar-refractivity contribution is 7.79. The van der Waals surface area contributed by atoms with Crippen molar-refractivity contribution in [3.8, 4) is 0 Å². The molecule has 1 aromatic rings. The molecule has 68 valence electrons. The topological polar surface area (TPSA) is 66.2 Å². The molecule has 0 aliphatic heterocycles. The van der Waals surface area contributed by atoms with Gasteiger partial charge in [-0.2, -0.15) is 12.6 Å². The zero-order chi connectivity index (χ0) is 9.40. The van der Waals surface area contributed by atoms with Gasteiger partial charge in [-0.3, -0.25) is 9.35 Å². The van der Waals surface area contributed by atoms with E-state index < -0.39 is 11.3 Å². The predicted octanol–water partition coefficient (Wildman–Crippen LogP) is 0.856. The van der Waals surface area contributed by atoms with E-state index in [0.29, 0.717) is 0 Å². The lowest BCUT2D eigenvalue weighted by Crippen LogP contribution is -1.97. The maximum Gasteiger partial charge on any atom is 0.0154 e. The molecule has 0 bridgehead atoms. The molecule has 0 amide bonds. The van der Waals surface area contributed by atoms with Crippen molar-refractivity contribution in [3.63, 3.8) is 0 Å². The fourth-order valence-electron chi connectivity index (χ4n) is 0.583. The Kier molecular flexibility index (Phi) is 7.08. The second-order valence-electron chi connectivity index (χ2n) is 1.90. The van der Waals surface area contributed by atoms with E-state index in [1.807, 2.05) is 18.2 Å². The monoisotopic (exact) mass is 204 g/mol. The van der Waals surface area contributed by atoms with Crippen LogP contribution in [0.5, 0.6) is 0 Å². The number of hydrogen-bond acceptors (Lipinski definition) is 3. The first kappa shape index (κ1) is 11.6. The van der Waals surface area contributed by atoms with Crippen LogP contribution in [0, 0.1) is 0 Å². The largest absolute Gasteiger partial charge is 0.760 e. The first-order valence-corrected chi connectivity index (χ1v) is 4.92. The minimum Gasteiger partial charge on any atom is -0.760 e. The Bertz CT molecular complexity index is 224. The van der Waals surface area contributed by atoms with Gasteiger partial charge in [0.05, 0.1) is 0 Å². The van der Waals surface area contributed by atoms with Crippen LogP contribution in [0.2, 0.25) is 0 Å². The molecule has 5 heteroatoms. The first-order valence-electron chi connectivity index (χ1n) is 3.15. The van der Waals surface area contributed by atoms with Crippen LogP contribution < -0.4 is 5.14 Å². The van der Waals surface area contributed by atoms with Crippen molar-refractivity contribution in [3.05, 3.63) is 35.9 Å². The van der Waals surface area contributed by atoms with Gasteiger partial charge < -0.3 is 4.55 Å². The van der Waals surface area contributed by atoms with Crippen LogP contribution in [0.1, 0.15) is 5.56 Å². The maximum absolute atomic E-state index is 8.78. The van der Waals surface area contributed by atoms with Gasteiger partial charge in [0.15, 0.2) is 0 Å². The Labute approximate surface area is 79.8 Å². The molecular weight excluding hydrogens is 194 g/mol. The third-order valence-corrected chi connectivity index (χ3v) is 1.39. The SMILES string of the molecule is NS(=O)[O-].SCc1ccccc1. The summed E-state index contributed by atoms with van der Waals surface area (Å²) in [6.45, 7) is 0. The molecule has 0 aliphatic rings. The second-order valence-corrected chi connectivity index (χ2v) is 2.74. The van der Waals surface area contributed by atoms with Gasteiger partial charge in [0, 0.05) is 17.0 Å². The summed E-state index contributed by atoms with van der Waals surface area (Å²) in [6, 6.07) is 10.2. The van der Waals surface area contributed by atoms with Crippen molar-refractivity contribution in [1.82, 2.24) is 0 Å². The van der Waals surface area contributed by atoms with E-state index in [9.17, 15) is 0 Å². The van der Waals surface area contributed by atoms with Gasteiger partial charge in [-0.15, -0.1) is 0 Å². The lowest BCUT2D eigenvalue weighted by atomic mass is 10.2. The summed E-state index contributed by atoms with van der Waals surface area (Å²) in [5, 5.41) is 4.03. The quantitative estimate of drug-likeness (QED) is 0.526. The Morgan fingerprint density at radius 2 is 1.83 bits per heavy atom. The minimum atomic E-state index is -2.36. The number of nitrogens with two attached hydrogens (primary N) is 1. The summed E-state index contributed by atoms with van der Waals surface area (Å²) < 4.78 is 17.6. The third-order valence-electron chi connectivity index (χ3n) is 1.03.